The number of rotatable bonds is 18. The fourth-order valence-corrected chi connectivity index (χ4v) is 4.80. The van der Waals surface area contributed by atoms with Crippen LogP contribution in [-0.2, 0) is 23.7 Å². The van der Waals surface area contributed by atoms with Crippen molar-refractivity contribution in [2.24, 2.45) is 0 Å². The average molecular weight is 678 g/mol. The first-order chi connectivity index (χ1) is 21.4. The Morgan fingerprint density at radius 2 is 1.48 bits per heavy atom. The van der Waals surface area contributed by atoms with Gasteiger partial charge in [0.15, 0.2) is 0 Å². The van der Waals surface area contributed by atoms with Gasteiger partial charge in [-0.2, -0.15) is 5.26 Å². The van der Waals surface area contributed by atoms with Crippen LogP contribution < -0.4 is 14.8 Å². The fourth-order valence-electron chi connectivity index (χ4n) is 4.47. The number of hydrogen-bond acceptors (Lipinski definition) is 12. The molecule has 14 nitrogen and oxygen atoms in total. The number of pyridine rings is 1. The molecule has 44 heavy (non-hydrogen) atoms. The minimum atomic E-state index is -1.30. The Morgan fingerprint density at radius 3 is 2.09 bits per heavy atom. The van der Waals surface area contributed by atoms with Gasteiger partial charge in [0, 0.05) is 17.1 Å². The van der Waals surface area contributed by atoms with Gasteiger partial charge in [0.25, 0.3) is 11.8 Å². The zero-order chi connectivity index (χ0) is 31.3. The number of piperidine rings is 1. The predicted octanol–water partition coefficient (Wildman–Crippen LogP) is 1.43. The van der Waals surface area contributed by atoms with Crippen LogP contribution in [0.15, 0.2) is 34.9 Å². The molecule has 1 aromatic heterocycles. The number of carbonyl (C=O) groups is 3. The number of nitriles is 1. The molecule has 2 aromatic rings. The minimum Gasteiger partial charge on any atom is -0.491 e. The second-order valence-corrected chi connectivity index (χ2v) is 10.5. The molecular weight excluding hydrogens is 644 g/mol. The Morgan fingerprint density at radius 1 is 0.886 bits per heavy atom. The van der Waals surface area contributed by atoms with Gasteiger partial charge in [-0.05, 0) is 46.6 Å². The Kier molecular flexibility index (Phi) is 12.8. The Bertz CT molecular complexity index is 1350. The molecule has 2 aliphatic rings. The van der Waals surface area contributed by atoms with Gasteiger partial charge in [-0.25, -0.2) is 4.98 Å². The molecule has 15 heteroatoms. The average Bonchev–Trinajstić information content (AvgIpc) is 3.26. The molecule has 3 heterocycles. The van der Waals surface area contributed by atoms with E-state index in [1.54, 1.807) is 18.3 Å². The number of fused-ring (bicyclic) bond motifs is 1. The maximum absolute atomic E-state index is 12.9. The third-order valence-corrected chi connectivity index (χ3v) is 7.01. The van der Waals surface area contributed by atoms with Gasteiger partial charge in [0.05, 0.1) is 70.0 Å². The molecule has 3 amide bonds. The lowest BCUT2D eigenvalue weighted by Gasteiger charge is -2.33. The van der Waals surface area contributed by atoms with E-state index in [4.69, 9.17) is 33.7 Å². The highest BCUT2D eigenvalue weighted by atomic mass is 79.9. The number of imide groups is 1. The van der Waals surface area contributed by atoms with E-state index in [-0.39, 0.29) is 49.0 Å². The molecule has 1 saturated heterocycles. The number of benzene rings is 1. The first-order valence-corrected chi connectivity index (χ1v) is 14.8. The lowest BCUT2D eigenvalue weighted by atomic mass is 10.0. The van der Waals surface area contributed by atoms with Crippen LogP contribution in [-0.4, -0.2) is 111 Å². The number of amides is 3. The molecule has 2 aliphatic heterocycles. The smallest absolute Gasteiger partial charge is 0.262 e. The molecule has 0 saturated carbocycles. The Labute approximate surface area is 262 Å². The van der Waals surface area contributed by atoms with Gasteiger partial charge in [-0.3, -0.25) is 19.3 Å². The standard InChI is InChI=1S/C29H33BrN4O10/c30-20-15-19(17-31)27(32-18-20)44-14-12-42-10-8-40-6-5-39-7-9-41-11-13-43-21-1-2-22-23(16-21)29(38)34(28(22)37)24-3-4-25(35)33-26(24)36/h1-2,15-16,18,24,26,36H,3-14H2,(H,33,35). The van der Waals surface area contributed by atoms with Gasteiger partial charge in [-0.15, -0.1) is 0 Å². The summed E-state index contributed by atoms with van der Waals surface area (Å²) < 4.78 is 33.7. The number of nitrogens with zero attached hydrogens (tertiary/aromatic N) is 3. The molecule has 236 valence electrons. The number of halogens is 1. The molecule has 2 atom stereocenters. The second kappa shape index (κ2) is 17.0. The van der Waals surface area contributed by atoms with Crippen LogP contribution in [0.5, 0.6) is 11.6 Å². The molecule has 4 rings (SSSR count). The zero-order valence-electron chi connectivity index (χ0n) is 23.9. The molecule has 0 bridgehead atoms. The summed E-state index contributed by atoms with van der Waals surface area (Å²) in [5, 5.41) is 21.6. The maximum atomic E-state index is 12.9. The van der Waals surface area contributed by atoms with Gasteiger partial charge in [0.2, 0.25) is 11.8 Å². The van der Waals surface area contributed by atoms with E-state index in [0.717, 1.165) is 4.90 Å². The molecule has 2 N–H and O–H groups in total. The third kappa shape index (κ3) is 9.18. The maximum Gasteiger partial charge on any atom is 0.262 e. The second-order valence-electron chi connectivity index (χ2n) is 9.57. The van der Waals surface area contributed by atoms with Crippen molar-refractivity contribution < 1.29 is 47.9 Å². The van der Waals surface area contributed by atoms with Crippen LogP contribution in [0.3, 0.4) is 0 Å². The molecule has 1 aromatic carbocycles. The van der Waals surface area contributed by atoms with Crippen molar-refractivity contribution in [1.29, 1.82) is 5.26 Å². The lowest BCUT2D eigenvalue weighted by Crippen LogP contribution is -2.57. The summed E-state index contributed by atoms with van der Waals surface area (Å²) in [6, 6.07) is 7.46. The van der Waals surface area contributed by atoms with E-state index in [0.29, 0.717) is 68.6 Å². The van der Waals surface area contributed by atoms with Gasteiger partial charge < -0.3 is 38.8 Å². The Hall–Kier alpha value is -3.65. The predicted molar refractivity (Wildman–Crippen MR) is 155 cm³/mol. The number of hydrogen-bond donors (Lipinski definition) is 2. The van der Waals surface area contributed by atoms with Crippen molar-refractivity contribution in [3.63, 3.8) is 0 Å². The van der Waals surface area contributed by atoms with Crippen molar-refractivity contribution in [3.8, 4) is 17.7 Å². The van der Waals surface area contributed by atoms with Crippen molar-refractivity contribution >= 4 is 33.7 Å². The molecule has 1 fully saturated rings. The van der Waals surface area contributed by atoms with Crippen LogP contribution in [0.2, 0.25) is 0 Å². The normalized spacial score (nSPS) is 17.8. The molecule has 2 unspecified atom stereocenters. The first-order valence-electron chi connectivity index (χ1n) is 14.0. The first kappa shape index (κ1) is 33.2. The van der Waals surface area contributed by atoms with E-state index in [1.165, 1.54) is 12.1 Å². The van der Waals surface area contributed by atoms with Crippen molar-refractivity contribution in [3.05, 3.63) is 51.6 Å². The highest BCUT2D eigenvalue weighted by Gasteiger charge is 2.44. The van der Waals surface area contributed by atoms with E-state index in [9.17, 15) is 19.5 Å². The van der Waals surface area contributed by atoms with Crippen LogP contribution >= 0.6 is 15.9 Å². The zero-order valence-corrected chi connectivity index (χ0v) is 25.5. The highest BCUT2D eigenvalue weighted by Crippen LogP contribution is 2.31. The number of aliphatic hydroxyl groups is 1. The SMILES string of the molecule is N#Cc1cc(Br)cnc1OCCOCCOCCOCCOCCOc1ccc2c(c1)C(=O)N(C1CCC(=O)NC1O)C2=O. The quantitative estimate of drug-likeness (QED) is 0.172. The van der Waals surface area contributed by atoms with Crippen molar-refractivity contribution in [1.82, 2.24) is 15.2 Å². The van der Waals surface area contributed by atoms with E-state index >= 15 is 0 Å². The van der Waals surface area contributed by atoms with Crippen molar-refractivity contribution in [2.75, 3.05) is 66.1 Å². The molecule has 0 aliphatic carbocycles. The summed E-state index contributed by atoms with van der Waals surface area (Å²) in [4.78, 5) is 42.3. The van der Waals surface area contributed by atoms with Gasteiger partial charge in [0.1, 0.15) is 36.8 Å². The molecule has 0 spiro atoms. The largest absolute Gasteiger partial charge is 0.491 e. The van der Waals surface area contributed by atoms with Gasteiger partial charge in [-0.1, -0.05) is 0 Å². The number of aromatic nitrogens is 1. The number of nitrogens with one attached hydrogen (secondary N) is 1. The van der Waals surface area contributed by atoms with Crippen LogP contribution in [0.1, 0.15) is 39.1 Å². The monoisotopic (exact) mass is 676 g/mol. The van der Waals surface area contributed by atoms with E-state index in [2.05, 4.69) is 26.2 Å². The summed E-state index contributed by atoms with van der Waals surface area (Å²) in [6.07, 6.45) is 0.573. The lowest BCUT2D eigenvalue weighted by molar-refractivity contribution is -0.129. The highest BCUT2D eigenvalue weighted by molar-refractivity contribution is 9.10. The van der Waals surface area contributed by atoms with E-state index < -0.39 is 24.1 Å². The van der Waals surface area contributed by atoms with Gasteiger partial charge >= 0.3 is 0 Å². The molecule has 0 radical (unpaired) electrons. The summed E-state index contributed by atoms with van der Waals surface area (Å²) in [5.41, 5.74) is 0.769. The number of carbonyl (C=O) groups excluding carboxylic acids is 3. The fraction of sp³-hybridized carbons (Fsp3) is 0.483. The number of aliphatic hydroxyl groups excluding tert-OH is 1. The summed E-state index contributed by atoms with van der Waals surface area (Å²) >= 11 is 3.26. The van der Waals surface area contributed by atoms with Crippen LogP contribution in [0.4, 0.5) is 0 Å². The van der Waals surface area contributed by atoms with E-state index in [1.807, 2.05) is 6.07 Å². The summed E-state index contributed by atoms with van der Waals surface area (Å²) in [7, 11) is 0. The Balaban J connectivity index is 0.989. The third-order valence-electron chi connectivity index (χ3n) is 6.58. The summed E-state index contributed by atoms with van der Waals surface area (Å²) in [6.45, 7) is 3.45. The molecular formula is C29H33BrN4O10. The van der Waals surface area contributed by atoms with Crippen LogP contribution in [0.25, 0.3) is 0 Å². The topological polar surface area (TPSA) is 179 Å². The number of ether oxygens (including phenoxy) is 6. The summed E-state index contributed by atoms with van der Waals surface area (Å²) in [5.74, 6) is -0.687. The van der Waals surface area contributed by atoms with Crippen molar-refractivity contribution in [2.45, 2.75) is 25.1 Å². The minimum absolute atomic E-state index is 0.120. The van der Waals surface area contributed by atoms with Crippen LogP contribution in [0, 0.1) is 11.3 Å².